The van der Waals surface area contributed by atoms with Crippen molar-refractivity contribution in [3.63, 3.8) is 0 Å². The van der Waals surface area contributed by atoms with Gasteiger partial charge >= 0.3 is 0 Å². The molecule has 0 bridgehead atoms. The van der Waals surface area contributed by atoms with Crippen molar-refractivity contribution in [2.75, 3.05) is 31.5 Å². The minimum atomic E-state index is -0.393. The number of piperidine rings is 1. The summed E-state index contributed by atoms with van der Waals surface area (Å²) in [6.07, 6.45) is 6.28. The Labute approximate surface area is 322 Å². The van der Waals surface area contributed by atoms with Crippen LogP contribution in [0.3, 0.4) is 0 Å². The van der Waals surface area contributed by atoms with E-state index >= 15 is 0 Å². The molecular formula is C42H41Cl2FN6O3. The maximum Gasteiger partial charge on any atom is 0.255 e. The van der Waals surface area contributed by atoms with Crippen molar-refractivity contribution in [3.05, 3.63) is 135 Å². The topological polar surface area (TPSA) is 113 Å². The first-order valence-corrected chi connectivity index (χ1v) is 18.8. The van der Waals surface area contributed by atoms with Crippen LogP contribution in [0.15, 0.2) is 97.3 Å². The number of fused-ring (bicyclic) bond motifs is 2. The average molecular weight is 768 g/mol. The first kappa shape index (κ1) is 37.2. The molecule has 12 heteroatoms. The predicted molar refractivity (Wildman–Crippen MR) is 213 cm³/mol. The van der Waals surface area contributed by atoms with Crippen LogP contribution >= 0.6 is 23.2 Å². The summed E-state index contributed by atoms with van der Waals surface area (Å²) in [5, 5.41) is 9.19. The smallest absolute Gasteiger partial charge is 0.255 e. The number of hydrogen-bond donors (Lipinski definition) is 4. The second-order valence-electron chi connectivity index (χ2n) is 14.0. The van der Waals surface area contributed by atoms with Crippen molar-refractivity contribution >= 4 is 68.4 Å². The fraction of sp³-hybridized carbons (Fsp3) is 0.262. The largest absolute Gasteiger partial charge is 0.361 e. The quantitative estimate of drug-likeness (QED) is 0.100. The first-order valence-electron chi connectivity index (χ1n) is 18.0. The van der Waals surface area contributed by atoms with Gasteiger partial charge in [0.05, 0.1) is 22.6 Å². The number of benzene rings is 4. The van der Waals surface area contributed by atoms with Crippen LogP contribution in [-0.2, 0) is 22.6 Å². The lowest BCUT2D eigenvalue weighted by Crippen LogP contribution is -2.49. The predicted octanol–water partition coefficient (Wildman–Crippen LogP) is 8.30. The lowest BCUT2D eigenvalue weighted by molar-refractivity contribution is -0.131. The molecule has 1 aliphatic rings. The number of aromatic amines is 2. The number of H-pyrrole nitrogens is 2. The number of hydrogen-bond acceptors (Lipinski definition) is 4. The van der Waals surface area contributed by atoms with Gasteiger partial charge in [0.25, 0.3) is 5.91 Å². The number of nitrogens with one attached hydrogen (secondary N) is 4. The van der Waals surface area contributed by atoms with E-state index in [4.69, 9.17) is 23.2 Å². The molecule has 9 nitrogen and oxygen atoms in total. The number of carbonyl (C=O) groups is 3. The van der Waals surface area contributed by atoms with E-state index in [9.17, 15) is 18.8 Å². The Hall–Kier alpha value is -5.16. The molecule has 278 valence electrons. The van der Waals surface area contributed by atoms with Crippen LogP contribution in [0.1, 0.15) is 52.7 Å². The Morgan fingerprint density at radius 3 is 2.39 bits per heavy atom. The van der Waals surface area contributed by atoms with Crippen LogP contribution in [0.4, 0.5) is 10.1 Å². The third-order valence-electron chi connectivity index (χ3n) is 10.2. The summed E-state index contributed by atoms with van der Waals surface area (Å²) < 4.78 is 13.3. The minimum Gasteiger partial charge on any atom is -0.361 e. The summed E-state index contributed by atoms with van der Waals surface area (Å²) in [6.45, 7) is 3.92. The zero-order valence-electron chi connectivity index (χ0n) is 29.8. The van der Waals surface area contributed by atoms with E-state index in [1.807, 2.05) is 54.9 Å². The molecule has 3 amide bonds. The molecule has 0 unspecified atom stereocenters. The molecule has 4 aromatic carbocycles. The zero-order chi connectivity index (χ0) is 37.8. The van der Waals surface area contributed by atoms with E-state index < -0.39 is 5.82 Å². The Morgan fingerprint density at radius 1 is 0.889 bits per heavy atom. The van der Waals surface area contributed by atoms with Crippen LogP contribution in [0.25, 0.3) is 21.8 Å². The minimum absolute atomic E-state index is 0.0926. The molecule has 1 fully saturated rings. The van der Waals surface area contributed by atoms with Crippen LogP contribution in [0, 0.1) is 5.82 Å². The van der Waals surface area contributed by atoms with Crippen molar-refractivity contribution in [3.8, 4) is 0 Å². The van der Waals surface area contributed by atoms with Gasteiger partial charge in [0, 0.05) is 65.5 Å². The standard InChI is InChI=1S/C42H41Cl2FN6O3/c1-26(52)51(23-27-6-12-37(43)38(44)18-27)24-33(19-30-21-46-39-5-3-2-4-34(30)39)48-41(53)25-50-16-14-28(15-17-50)36-22-47-40-13-11-32(20-35(36)40)49-42(54)29-7-9-31(45)10-8-29/h2-13,18,20-22,28,33,46-47H,14-17,19,23-25H2,1H3,(H,48,53)(H,49,54)/t33-/m1/s1. The number of rotatable bonds is 12. The Morgan fingerprint density at radius 2 is 1.63 bits per heavy atom. The molecule has 0 radical (unpaired) electrons. The van der Waals surface area contributed by atoms with E-state index in [2.05, 4.69) is 31.6 Å². The molecule has 7 rings (SSSR count). The van der Waals surface area contributed by atoms with Gasteiger partial charge in [-0.05, 0) is 116 Å². The van der Waals surface area contributed by atoms with Gasteiger partial charge in [-0.25, -0.2) is 4.39 Å². The van der Waals surface area contributed by atoms with E-state index in [0.717, 1.165) is 58.9 Å². The average Bonchev–Trinajstić information content (AvgIpc) is 3.77. The van der Waals surface area contributed by atoms with Gasteiger partial charge in [-0.3, -0.25) is 19.3 Å². The summed E-state index contributed by atoms with van der Waals surface area (Å²) in [4.78, 5) is 50.0. The third kappa shape index (κ3) is 8.79. The van der Waals surface area contributed by atoms with E-state index in [1.54, 1.807) is 17.0 Å². The SMILES string of the molecule is CC(=O)N(Cc1ccc(Cl)c(Cl)c1)C[C@@H](Cc1c[nH]c2ccccc12)NC(=O)CN1CCC(c2c[nH]c3ccc(NC(=O)c4ccc(F)cc4)cc23)CC1. The summed E-state index contributed by atoms with van der Waals surface area (Å²) in [5.41, 5.74) is 6.12. The second kappa shape index (κ2) is 16.5. The molecule has 6 aromatic rings. The fourth-order valence-corrected chi connectivity index (χ4v) is 7.72. The van der Waals surface area contributed by atoms with Crippen LogP contribution < -0.4 is 10.6 Å². The van der Waals surface area contributed by atoms with Gasteiger partial charge in [0.1, 0.15) is 5.82 Å². The van der Waals surface area contributed by atoms with Gasteiger partial charge < -0.3 is 25.5 Å². The second-order valence-corrected chi connectivity index (χ2v) is 14.8. The van der Waals surface area contributed by atoms with E-state index in [-0.39, 0.29) is 36.2 Å². The summed E-state index contributed by atoms with van der Waals surface area (Å²) in [7, 11) is 0. The van der Waals surface area contributed by atoms with Crippen LogP contribution in [0.5, 0.6) is 0 Å². The number of likely N-dealkylation sites (tertiary alicyclic amines) is 1. The van der Waals surface area contributed by atoms with Crippen molar-refractivity contribution < 1.29 is 18.8 Å². The van der Waals surface area contributed by atoms with Crippen LogP contribution in [0.2, 0.25) is 10.0 Å². The van der Waals surface area contributed by atoms with Crippen molar-refractivity contribution in [2.45, 2.75) is 44.7 Å². The lowest BCUT2D eigenvalue weighted by Gasteiger charge is -2.32. The third-order valence-corrected chi connectivity index (χ3v) is 11.0. The van der Waals surface area contributed by atoms with Gasteiger partial charge in [-0.1, -0.05) is 47.5 Å². The number of nitrogens with zero attached hydrogens (tertiary/aromatic N) is 2. The number of anilines is 1. The summed E-state index contributed by atoms with van der Waals surface area (Å²) >= 11 is 12.4. The Balaban J connectivity index is 0.996. The van der Waals surface area contributed by atoms with Gasteiger partial charge in [-0.15, -0.1) is 0 Å². The number of para-hydroxylation sites is 1. The highest BCUT2D eigenvalue weighted by atomic mass is 35.5. The maximum atomic E-state index is 13.7. The molecule has 0 spiro atoms. The monoisotopic (exact) mass is 766 g/mol. The highest BCUT2D eigenvalue weighted by molar-refractivity contribution is 6.42. The summed E-state index contributed by atoms with van der Waals surface area (Å²) in [5.74, 6) is -0.620. The zero-order valence-corrected chi connectivity index (χ0v) is 31.3. The molecule has 3 heterocycles. The molecule has 1 aliphatic heterocycles. The van der Waals surface area contributed by atoms with Crippen molar-refractivity contribution in [1.29, 1.82) is 0 Å². The number of amides is 3. The Kier molecular flexibility index (Phi) is 11.3. The molecule has 4 N–H and O–H groups in total. The van der Waals surface area contributed by atoms with Crippen LogP contribution in [-0.4, -0.2) is 69.7 Å². The highest BCUT2D eigenvalue weighted by Crippen LogP contribution is 2.34. The van der Waals surface area contributed by atoms with Crippen molar-refractivity contribution in [1.82, 2.24) is 25.1 Å². The number of aromatic nitrogens is 2. The first-order chi connectivity index (χ1) is 26.1. The fourth-order valence-electron chi connectivity index (χ4n) is 7.40. The molecular weight excluding hydrogens is 726 g/mol. The molecule has 0 saturated carbocycles. The molecule has 1 atom stereocenters. The van der Waals surface area contributed by atoms with Gasteiger partial charge in [0.2, 0.25) is 11.8 Å². The maximum absolute atomic E-state index is 13.7. The molecule has 54 heavy (non-hydrogen) atoms. The van der Waals surface area contributed by atoms with Crippen molar-refractivity contribution in [2.24, 2.45) is 0 Å². The lowest BCUT2D eigenvalue weighted by atomic mass is 9.89. The van der Waals surface area contributed by atoms with E-state index in [0.29, 0.717) is 40.8 Å². The molecule has 2 aromatic heterocycles. The molecule has 0 aliphatic carbocycles. The van der Waals surface area contributed by atoms with Gasteiger partial charge in [0.15, 0.2) is 0 Å². The van der Waals surface area contributed by atoms with Gasteiger partial charge in [-0.2, -0.15) is 0 Å². The number of carbonyl (C=O) groups excluding carboxylic acids is 3. The van der Waals surface area contributed by atoms with E-state index in [1.165, 1.54) is 36.8 Å². The normalized spacial score (nSPS) is 14.3. The highest BCUT2D eigenvalue weighted by Gasteiger charge is 2.26. The summed E-state index contributed by atoms with van der Waals surface area (Å²) in [6, 6.07) is 24.3. The Bertz CT molecular complexity index is 2300. The number of halogens is 3. The molecule has 1 saturated heterocycles.